The van der Waals surface area contributed by atoms with Crippen LogP contribution >= 0.6 is 0 Å². The van der Waals surface area contributed by atoms with Gasteiger partial charge in [-0.3, -0.25) is 9.10 Å². The van der Waals surface area contributed by atoms with E-state index in [0.717, 1.165) is 21.1 Å². The van der Waals surface area contributed by atoms with Crippen molar-refractivity contribution in [3.05, 3.63) is 77.4 Å². The summed E-state index contributed by atoms with van der Waals surface area (Å²) < 4.78 is 37.7. The lowest BCUT2D eigenvalue weighted by molar-refractivity contribution is 0.102. The van der Waals surface area contributed by atoms with Crippen LogP contribution < -0.4 is 19.1 Å². The first kappa shape index (κ1) is 23.1. The van der Waals surface area contributed by atoms with Crippen molar-refractivity contribution in [3.63, 3.8) is 0 Å². The highest BCUT2D eigenvalue weighted by molar-refractivity contribution is 7.92. The van der Waals surface area contributed by atoms with Crippen LogP contribution in [0.5, 0.6) is 11.5 Å². The van der Waals surface area contributed by atoms with Crippen LogP contribution in [-0.2, 0) is 10.0 Å². The monoisotopic (exact) mass is 454 g/mol. The van der Waals surface area contributed by atoms with Crippen molar-refractivity contribution in [2.24, 2.45) is 0 Å². The molecule has 0 saturated heterocycles. The van der Waals surface area contributed by atoms with Gasteiger partial charge in [-0.2, -0.15) is 0 Å². The second-order valence-corrected chi connectivity index (χ2v) is 9.23. The van der Waals surface area contributed by atoms with E-state index in [4.69, 9.17) is 9.47 Å². The molecule has 0 aliphatic carbocycles. The first-order valence-electron chi connectivity index (χ1n) is 9.87. The quantitative estimate of drug-likeness (QED) is 0.572. The maximum Gasteiger partial charge on any atom is 0.264 e. The molecule has 0 atom stereocenters. The van der Waals surface area contributed by atoms with Crippen LogP contribution in [0.4, 0.5) is 11.4 Å². The fraction of sp³-hybridized carbons (Fsp3) is 0.208. The molecule has 0 heterocycles. The van der Waals surface area contributed by atoms with Crippen LogP contribution in [0.25, 0.3) is 0 Å². The summed E-state index contributed by atoms with van der Waals surface area (Å²) in [4.78, 5) is 12.7. The number of anilines is 2. The minimum absolute atomic E-state index is 0.0643. The normalized spacial score (nSPS) is 11.0. The summed E-state index contributed by atoms with van der Waals surface area (Å²) in [6.07, 6.45) is 0. The maximum absolute atomic E-state index is 13.1. The molecule has 1 amide bonds. The molecule has 0 aliphatic rings. The molecule has 0 aromatic heterocycles. The smallest absolute Gasteiger partial charge is 0.264 e. The van der Waals surface area contributed by atoms with Crippen LogP contribution in [0, 0.1) is 13.8 Å². The summed E-state index contributed by atoms with van der Waals surface area (Å²) in [5.74, 6) is 0.494. The Hall–Kier alpha value is -3.52. The average Bonchev–Trinajstić information content (AvgIpc) is 2.80. The van der Waals surface area contributed by atoms with Crippen LogP contribution in [-0.4, -0.2) is 35.6 Å². The van der Waals surface area contributed by atoms with Crippen molar-refractivity contribution in [3.8, 4) is 11.5 Å². The molecular formula is C24H26N2O5S. The highest BCUT2D eigenvalue weighted by Crippen LogP contribution is 2.31. The maximum atomic E-state index is 13.1. The van der Waals surface area contributed by atoms with E-state index in [-0.39, 0.29) is 10.8 Å². The Kier molecular flexibility index (Phi) is 6.74. The predicted molar refractivity (Wildman–Crippen MR) is 125 cm³/mol. The fourth-order valence-corrected chi connectivity index (χ4v) is 4.51. The predicted octanol–water partition coefficient (Wildman–Crippen LogP) is 4.40. The van der Waals surface area contributed by atoms with Gasteiger partial charge in [0.05, 0.1) is 24.8 Å². The van der Waals surface area contributed by atoms with Gasteiger partial charge < -0.3 is 14.8 Å². The second kappa shape index (κ2) is 9.32. The first-order valence-corrected chi connectivity index (χ1v) is 11.3. The minimum Gasteiger partial charge on any atom is -0.493 e. The van der Waals surface area contributed by atoms with E-state index in [1.54, 1.807) is 30.3 Å². The number of ether oxygens (including phenoxy) is 2. The lowest BCUT2D eigenvalue weighted by Gasteiger charge is -2.20. The molecule has 0 saturated carbocycles. The van der Waals surface area contributed by atoms with Crippen molar-refractivity contribution < 1.29 is 22.7 Å². The number of methoxy groups -OCH3 is 2. The van der Waals surface area contributed by atoms with E-state index in [9.17, 15) is 13.2 Å². The number of benzene rings is 3. The van der Waals surface area contributed by atoms with Crippen molar-refractivity contribution in [2.75, 3.05) is 30.9 Å². The number of carbonyl (C=O) groups is 1. The molecule has 0 aliphatic heterocycles. The molecule has 1 N–H and O–H groups in total. The number of hydrogen-bond donors (Lipinski definition) is 1. The van der Waals surface area contributed by atoms with E-state index in [1.165, 1.54) is 33.4 Å². The van der Waals surface area contributed by atoms with Gasteiger partial charge in [-0.15, -0.1) is 0 Å². The Morgan fingerprint density at radius 1 is 0.875 bits per heavy atom. The summed E-state index contributed by atoms with van der Waals surface area (Å²) in [6, 6.07) is 16.6. The van der Waals surface area contributed by atoms with Gasteiger partial charge in [0.15, 0.2) is 11.5 Å². The van der Waals surface area contributed by atoms with Gasteiger partial charge in [0.25, 0.3) is 15.9 Å². The summed E-state index contributed by atoms with van der Waals surface area (Å²) in [5, 5.41) is 2.93. The molecule has 3 aromatic rings. The molecule has 168 valence electrons. The van der Waals surface area contributed by atoms with Gasteiger partial charge >= 0.3 is 0 Å². The van der Waals surface area contributed by atoms with E-state index in [0.29, 0.717) is 22.7 Å². The highest BCUT2D eigenvalue weighted by atomic mass is 32.2. The lowest BCUT2D eigenvalue weighted by Crippen LogP contribution is -2.26. The number of hydrogen-bond acceptors (Lipinski definition) is 5. The third-order valence-electron chi connectivity index (χ3n) is 5.23. The number of nitrogens with one attached hydrogen (secondary N) is 1. The minimum atomic E-state index is -3.85. The number of aryl methyl sites for hydroxylation is 2. The molecule has 0 unspecified atom stereocenters. The number of amides is 1. The zero-order valence-electron chi connectivity index (χ0n) is 18.7. The van der Waals surface area contributed by atoms with Gasteiger partial charge in [-0.1, -0.05) is 18.2 Å². The summed E-state index contributed by atoms with van der Waals surface area (Å²) in [7, 11) is 0.538. The van der Waals surface area contributed by atoms with Crippen molar-refractivity contribution in [1.82, 2.24) is 0 Å². The third kappa shape index (κ3) is 4.55. The Bertz CT molecular complexity index is 1220. The van der Waals surface area contributed by atoms with E-state index >= 15 is 0 Å². The van der Waals surface area contributed by atoms with Gasteiger partial charge in [0, 0.05) is 24.4 Å². The lowest BCUT2D eigenvalue weighted by atomic mass is 10.1. The zero-order valence-corrected chi connectivity index (χ0v) is 19.5. The Morgan fingerprint density at radius 2 is 1.47 bits per heavy atom. The van der Waals surface area contributed by atoms with Gasteiger partial charge in [-0.05, 0) is 61.4 Å². The van der Waals surface area contributed by atoms with E-state index < -0.39 is 10.0 Å². The SMILES string of the molecule is COc1ccc(S(=O)(=O)N(C)c2ccc(C(=O)Nc3c(C)cccc3C)cc2)cc1OC. The fourth-order valence-electron chi connectivity index (χ4n) is 3.29. The van der Waals surface area contributed by atoms with Crippen LogP contribution in [0.1, 0.15) is 21.5 Å². The molecule has 0 spiro atoms. The van der Waals surface area contributed by atoms with Crippen LogP contribution in [0.3, 0.4) is 0 Å². The Labute approximate surface area is 188 Å². The Morgan fingerprint density at radius 3 is 2.03 bits per heavy atom. The highest BCUT2D eigenvalue weighted by Gasteiger charge is 2.23. The van der Waals surface area contributed by atoms with Crippen molar-refractivity contribution in [2.45, 2.75) is 18.7 Å². The summed E-state index contributed by atoms with van der Waals surface area (Å²) in [5.41, 5.74) is 3.55. The van der Waals surface area contributed by atoms with Crippen molar-refractivity contribution in [1.29, 1.82) is 0 Å². The number of carbonyl (C=O) groups excluding carboxylic acids is 1. The number of para-hydroxylation sites is 1. The topological polar surface area (TPSA) is 84.9 Å². The van der Waals surface area contributed by atoms with Gasteiger partial charge in [-0.25, -0.2) is 8.42 Å². The number of rotatable bonds is 7. The molecule has 3 aromatic carbocycles. The number of nitrogens with zero attached hydrogens (tertiary/aromatic N) is 1. The summed E-state index contributed by atoms with van der Waals surface area (Å²) >= 11 is 0. The molecule has 32 heavy (non-hydrogen) atoms. The molecule has 0 radical (unpaired) electrons. The molecule has 3 rings (SSSR count). The molecule has 8 heteroatoms. The molecule has 0 fully saturated rings. The van der Waals surface area contributed by atoms with Crippen molar-refractivity contribution >= 4 is 27.3 Å². The zero-order chi connectivity index (χ0) is 23.5. The van der Waals surface area contributed by atoms with E-state index in [2.05, 4.69) is 5.32 Å². The van der Waals surface area contributed by atoms with Crippen LogP contribution in [0.2, 0.25) is 0 Å². The van der Waals surface area contributed by atoms with Crippen LogP contribution in [0.15, 0.2) is 65.6 Å². The van der Waals surface area contributed by atoms with E-state index in [1.807, 2.05) is 32.0 Å². The number of sulfonamides is 1. The Balaban J connectivity index is 1.83. The molecular weight excluding hydrogens is 428 g/mol. The van der Waals surface area contributed by atoms with Gasteiger partial charge in [0.1, 0.15) is 0 Å². The second-order valence-electron chi connectivity index (χ2n) is 7.26. The summed E-state index contributed by atoms with van der Waals surface area (Å²) in [6.45, 7) is 3.86. The third-order valence-corrected chi connectivity index (χ3v) is 7.01. The molecule has 0 bridgehead atoms. The average molecular weight is 455 g/mol. The molecule has 7 nitrogen and oxygen atoms in total. The van der Waals surface area contributed by atoms with Gasteiger partial charge in [0.2, 0.25) is 0 Å². The first-order chi connectivity index (χ1) is 15.2. The standard InChI is InChI=1S/C24H26N2O5S/c1-16-7-6-8-17(2)23(16)25-24(27)18-9-11-19(12-10-18)26(3)32(28,29)20-13-14-21(30-4)22(15-20)31-5/h6-15H,1-5H3,(H,25,27). The largest absolute Gasteiger partial charge is 0.493 e.